The minimum atomic E-state index is -0.129. The summed E-state index contributed by atoms with van der Waals surface area (Å²) in [6.45, 7) is 2.65. The van der Waals surface area contributed by atoms with Crippen LogP contribution >= 0.6 is 0 Å². The molecule has 1 atom stereocenters. The topological polar surface area (TPSA) is 97.8 Å². The van der Waals surface area contributed by atoms with E-state index in [1.807, 2.05) is 44.6 Å². The molecule has 1 aliphatic rings. The van der Waals surface area contributed by atoms with E-state index < -0.39 is 0 Å². The van der Waals surface area contributed by atoms with Crippen LogP contribution in [0, 0.1) is 11.3 Å². The van der Waals surface area contributed by atoms with Crippen LogP contribution in [0.2, 0.25) is 0 Å². The summed E-state index contributed by atoms with van der Waals surface area (Å²) in [6, 6.07) is 10.1. The number of nitriles is 1. The number of nitrogens with zero attached hydrogens (tertiary/aromatic N) is 5. The number of aryl methyl sites for hydroxylation is 2. The molecular weight excluding hydrogens is 404 g/mol. The van der Waals surface area contributed by atoms with Crippen molar-refractivity contribution in [2.24, 2.45) is 14.1 Å². The number of benzene rings is 2. The van der Waals surface area contributed by atoms with Crippen molar-refractivity contribution in [3.05, 3.63) is 53.3 Å². The molecule has 1 aliphatic heterocycles. The van der Waals surface area contributed by atoms with E-state index in [1.165, 1.54) is 0 Å². The van der Waals surface area contributed by atoms with Crippen LogP contribution < -0.4 is 10.1 Å². The second-order valence-electron chi connectivity index (χ2n) is 8.16. The first-order valence-corrected chi connectivity index (χ1v) is 10.3. The maximum absolute atomic E-state index is 12.5. The van der Waals surface area contributed by atoms with Gasteiger partial charge in [0.05, 0.1) is 41.7 Å². The van der Waals surface area contributed by atoms with E-state index in [0.717, 1.165) is 38.9 Å². The van der Waals surface area contributed by atoms with Gasteiger partial charge in [0.15, 0.2) is 0 Å². The fourth-order valence-electron chi connectivity index (χ4n) is 4.49. The first kappa shape index (κ1) is 19.8. The summed E-state index contributed by atoms with van der Waals surface area (Å²) in [5.41, 5.74) is 6.25. The van der Waals surface area contributed by atoms with Crippen molar-refractivity contribution >= 4 is 16.8 Å². The molecule has 1 amide bonds. The first-order chi connectivity index (χ1) is 15.4. The lowest BCUT2D eigenvalue weighted by molar-refractivity contribution is 0.0938. The highest BCUT2D eigenvalue weighted by Crippen LogP contribution is 2.39. The summed E-state index contributed by atoms with van der Waals surface area (Å²) in [5, 5.41) is 22.6. The van der Waals surface area contributed by atoms with Crippen molar-refractivity contribution in [3.63, 3.8) is 0 Å². The van der Waals surface area contributed by atoms with E-state index in [-0.39, 0.29) is 11.8 Å². The number of ether oxygens (including phenoxy) is 1. The lowest BCUT2D eigenvalue weighted by Gasteiger charge is -2.25. The van der Waals surface area contributed by atoms with E-state index in [2.05, 4.69) is 23.4 Å². The molecule has 3 heterocycles. The Balaban J connectivity index is 1.77. The summed E-state index contributed by atoms with van der Waals surface area (Å²) in [7, 11) is 5.29. The Bertz CT molecular complexity index is 1440. The Morgan fingerprint density at radius 3 is 2.69 bits per heavy atom. The van der Waals surface area contributed by atoms with Gasteiger partial charge in [-0.1, -0.05) is 6.92 Å². The standard InChI is InChI=1S/C24H22N6O2/c1-13-10-26-24(31)22-18(13)6-15(8-20(22)32-4)23-21-16(9-25)5-14(7-19(21)28-30(23)3)17-11-27-29(2)12-17/h5-8,11-13H,10H2,1-4H3,(H,26,31). The van der Waals surface area contributed by atoms with Gasteiger partial charge in [0.25, 0.3) is 5.91 Å². The third-order valence-electron chi connectivity index (χ3n) is 6.05. The Hall–Kier alpha value is -4.12. The van der Waals surface area contributed by atoms with Crippen molar-refractivity contribution < 1.29 is 9.53 Å². The molecule has 0 fully saturated rings. The van der Waals surface area contributed by atoms with Crippen molar-refractivity contribution in [3.8, 4) is 34.2 Å². The van der Waals surface area contributed by atoms with Crippen molar-refractivity contribution in [1.82, 2.24) is 24.9 Å². The highest BCUT2D eigenvalue weighted by molar-refractivity contribution is 6.03. The minimum Gasteiger partial charge on any atom is -0.496 e. The molecule has 32 heavy (non-hydrogen) atoms. The number of methoxy groups -OCH3 is 1. The van der Waals surface area contributed by atoms with Crippen molar-refractivity contribution in [1.29, 1.82) is 5.26 Å². The summed E-state index contributed by atoms with van der Waals surface area (Å²) in [6.07, 6.45) is 3.68. The molecule has 8 heteroatoms. The molecule has 1 unspecified atom stereocenters. The highest BCUT2D eigenvalue weighted by atomic mass is 16.5. The van der Waals surface area contributed by atoms with Gasteiger partial charge in [-0.3, -0.25) is 14.2 Å². The maximum atomic E-state index is 12.5. The molecule has 0 radical (unpaired) electrons. The van der Waals surface area contributed by atoms with Crippen LogP contribution in [-0.2, 0) is 14.1 Å². The molecule has 2 aromatic carbocycles. The van der Waals surface area contributed by atoms with Gasteiger partial charge in [0.2, 0.25) is 0 Å². The highest BCUT2D eigenvalue weighted by Gasteiger charge is 2.28. The van der Waals surface area contributed by atoms with Gasteiger partial charge in [-0.15, -0.1) is 0 Å². The molecule has 8 nitrogen and oxygen atoms in total. The lowest BCUT2D eigenvalue weighted by Crippen LogP contribution is -2.34. The first-order valence-electron chi connectivity index (χ1n) is 10.3. The summed E-state index contributed by atoms with van der Waals surface area (Å²) in [5.74, 6) is 0.528. The molecule has 0 saturated heterocycles. The van der Waals surface area contributed by atoms with Crippen LogP contribution in [0.15, 0.2) is 36.7 Å². The van der Waals surface area contributed by atoms with E-state index >= 15 is 0 Å². The third kappa shape index (κ3) is 2.94. The van der Waals surface area contributed by atoms with E-state index in [0.29, 0.717) is 23.4 Å². The average Bonchev–Trinajstić information content (AvgIpc) is 3.37. The SMILES string of the molecule is COc1cc(-c2c3c(C#N)cc(-c4cnn(C)c4)cc3nn2C)cc2c1C(=O)NCC2C. The Morgan fingerprint density at radius 2 is 2.00 bits per heavy atom. The van der Waals surface area contributed by atoms with Crippen LogP contribution in [0.4, 0.5) is 0 Å². The normalized spacial score (nSPS) is 15.3. The molecule has 1 N–H and O–H groups in total. The van der Waals surface area contributed by atoms with Gasteiger partial charge < -0.3 is 10.1 Å². The molecule has 0 spiro atoms. The molecular formula is C24H22N6O2. The van der Waals surface area contributed by atoms with Crippen LogP contribution in [0.3, 0.4) is 0 Å². The zero-order valence-electron chi connectivity index (χ0n) is 18.3. The number of carbonyl (C=O) groups excluding carboxylic acids is 1. The number of carbonyl (C=O) groups is 1. The average molecular weight is 426 g/mol. The van der Waals surface area contributed by atoms with Gasteiger partial charge in [-0.2, -0.15) is 15.5 Å². The molecule has 5 rings (SSSR count). The molecule has 0 saturated carbocycles. The van der Waals surface area contributed by atoms with Gasteiger partial charge in [0, 0.05) is 43.4 Å². The Morgan fingerprint density at radius 1 is 1.19 bits per heavy atom. The van der Waals surface area contributed by atoms with Crippen molar-refractivity contribution in [2.75, 3.05) is 13.7 Å². The predicted octanol–water partition coefficient (Wildman–Crippen LogP) is 3.37. The number of nitrogens with one attached hydrogen (secondary N) is 1. The Labute approximate surface area is 185 Å². The number of aromatic nitrogens is 4. The number of hydrogen-bond acceptors (Lipinski definition) is 5. The second-order valence-corrected chi connectivity index (χ2v) is 8.16. The number of fused-ring (bicyclic) bond motifs is 2. The monoisotopic (exact) mass is 426 g/mol. The van der Waals surface area contributed by atoms with Gasteiger partial charge in [-0.25, -0.2) is 0 Å². The fourth-order valence-corrected chi connectivity index (χ4v) is 4.49. The van der Waals surface area contributed by atoms with E-state index in [1.54, 1.807) is 22.7 Å². The Kier molecular flexibility index (Phi) is 4.48. The van der Waals surface area contributed by atoms with E-state index in [9.17, 15) is 10.1 Å². The smallest absolute Gasteiger partial charge is 0.255 e. The fraction of sp³-hybridized carbons (Fsp3) is 0.250. The number of hydrogen-bond donors (Lipinski definition) is 1. The minimum absolute atomic E-state index is 0.129. The predicted molar refractivity (Wildman–Crippen MR) is 120 cm³/mol. The summed E-state index contributed by atoms with van der Waals surface area (Å²) >= 11 is 0. The van der Waals surface area contributed by atoms with Crippen molar-refractivity contribution in [2.45, 2.75) is 12.8 Å². The number of rotatable bonds is 3. The largest absolute Gasteiger partial charge is 0.496 e. The van der Waals surface area contributed by atoms with Crippen LogP contribution in [0.5, 0.6) is 5.75 Å². The zero-order valence-corrected chi connectivity index (χ0v) is 18.3. The van der Waals surface area contributed by atoms with E-state index in [4.69, 9.17) is 9.84 Å². The van der Waals surface area contributed by atoms with Crippen LogP contribution in [-0.4, -0.2) is 39.1 Å². The summed E-state index contributed by atoms with van der Waals surface area (Å²) in [4.78, 5) is 12.5. The summed E-state index contributed by atoms with van der Waals surface area (Å²) < 4.78 is 9.11. The number of amides is 1. The van der Waals surface area contributed by atoms with Crippen LogP contribution in [0.25, 0.3) is 33.3 Å². The molecule has 0 aliphatic carbocycles. The molecule has 0 bridgehead atoms. The zero-order chi connectivity index (χ0) is 22.6. The van der Waals surface area contributed by atoms with Crippen LogP contribution in [0.1, 0.15) is 34.3 Å². The van der Waals surface area contributed by atoms with Gasteiger partial charge in [0.1, 0.15) is 5.75 Å². The molecule has 2 aromatic heterocycles. The quantitative estimate of drug-likeness (QED) is 0.542. The van der Waals surface area contributed by atoms with Gasteiger partial charge >= 0.3 is 0 Å². The van der Waals surface area contributed by atoms with Gasteiger partial charge in [-0.05, 0) is 41.3 Å². The second kappa shape index (κ2) is 7.24. The third-order valence-corrected chi connectivity index (χ3v) is 6.05. The lowest BCUT2D eigenvalue weighted by atomic mass is 9.88. The molecule has 160 valence electrons. The molecule has 4 aromatic rings. The maximum Gasteiger partial charge on any atom is 0.255 e.